The van der Waals surface area contributed by atoms with E-state index in [1.54, 1.807) is 0 Å². The molecule has 0 radical (unpaired) electrons. The van der Waals surface area contributed by atoms with Gasteiger partial charge in [0, 0.05) is 6.61 Å². The van der Waals surface area contributed by atoms with Crippen LogP contribution in [0.5, 0.6) is 0 Å². The number of carbonyl (C=O) groups is 2. The molecular weight excluding hydrogens is 186 g/mol. The number of aliphatic carboxylic acids is 1. The summed E-state index contributed by atoms with van der Waals surface area (Å²) in [6.45, 7) is 3.89. The zero-order valence-electron chi connectivity index (χ0n) is 8.37. The highest BCUT2D eigenvalue weighted by Crippen LogP contribution is 2.14. The molecule has 0 aromatic rings. The van der Waals surface area contributed by atoms with Crippen molar-refractivity contribution in [1.29, 1.82) is 0 Å². The minimum Gasteiger partial charge on any atom is -0.480 e. The Morgan fingerprint density at radius 3 is 2.57 bits per heavy atom. The molecule has 1 saturated heterocycles. The van der Waals surface area contributed by atoms with Gasteiger partial charge in [-0.1, -0.05) is 0 Å². The Bertz CT molecular complexity index is 243. The van der Waals surface area contributed by atoms with Gasteiger partial charge in [-0.15, -0.1) is 0 Å². The molecular formula is C9H15NO4. The maximum absolute atomic E-state index is 11.5. The molecule has 14 heavy (non-hydrogen) atoms. The highest BCUT2D eigenvalue weighted by molar-refractivity contribution is 5.87. The van der Waals surface area contributed by atoms with Crippen molar-refractivity contribution < 1.29 is 19.4 Å². The van der Waals surface area contributed by atoms with E-state index in [-0.39, 0.29) is 11.8 Å². The van der Waals surface area contributed by atoms with Gasteiger partial charge in [0.2, 0.25) is 5.91 Å². The molecule has 1 aliphatic rings. The fourth-order valence-corrected chi connectivity index (χ4v) is 1.20. The molecule has 0 aliphatic carbocycles. The average Bonchev–Trinajstić information content (AvgIpc) is 2.54. The van der Waals surface area contributed by atoms with Crippen molar-refractivity contribution in [3.05, 3.63) is 0 Å². The van der Waals surface area contributed by atoms with E-state index < -0.39 is 11.5 Å². The second kappa shape index (κ2) is 3.96. The summed E-state index contributed by atoms with van der Waals surface area (Å²) in [6, 6.07) is 0. The van der Waals surface area contributed by atoms with Crippen LogP contribution in [-0.2, 0) is 14.3 Å². The molecule has 1 unspecified atom stereocenters. The Kier molecular flexibility index (Phi) is 3.10. The topological polar surface area (TPSA) is 75.6 Å². The molecule has 80 valence electrons. The van der Waals surface area contributed by atoms with Crippen LogP contribution in [0.25, 0.3) is 0 Å². The van der Waals surface area contributed by atoms with E-state index in [1.165, 1.54) is 13.8 Å². The smallest absolute Gasteiger partial charge is 0.328 e. The van der Waals surface area contributed by atoms with Crippen molar-refractivity contribution in [2.24, 2.45) is 5.92 Å². The van der Waals surface area contributed by atoms with E-state index in [0.717, 1.165) is 0 Å². The van der Waals surface area contributed by atoms with E-state index >= 15 is 0 Å². The molecule has 0 saturated carbocycles. The van der Waals surface area contributed by atoms with Crippen LogP contribution < -0.4 is 5.32 Å². The second-order valence-electron chi connectivity index (χ2n) is 3.98. The van der Waals surface area contributed by atoms with Crippen molar-refractivity contribution in [2.45, 2.75) is 25.8 Å². The Morgan fingerprint density at radius 2 is 2.14 bits per heavy atom. The number of rotatable bonds is 3. The van der Waals surface area contributed by atoms with Crippen LogP contribution in [0.4, 0.5) is 0 Å². The van der Waals surface area contributed by atoms with E-state index in [4.69, 9.17) is 9.84 Å². The number of hydrogen-bond donors (Lipinski definition) is 2. The van der Waals surface area contributed by atoms with Gasteiger partial charge in [-0.05, 0) is 20.3 Å². The molecule has 0 spiro atoms. The quantitative estimate of drug-likeness (QED) is 0.674. The van der Waals surface area contributed by atoms with Gasteiger partial charge in [0.25, 0.3) is 0 Å². The number of carboxylic acids is 1. The minimum absolute atomic E-state index is 0.200. The predicted molar refractivity (Wildman–Crippen MR) is 48.8 cm³/mol. The van der Waals surface area contributed by atoms with E-state index in [0.29, 0.717) is 19.6 Å². The lowest BCUT2D eigenvalue weighted by molar-refractivity contribution is -0.146. The number of hydrogen-bond acceptors (Lipinski definition) is 3. The lowest BCUT2D eigenvalue weighted by Gasteiger charge is -2.22. The minimum atomic E-state index is -1.21. The largest absolute Gasteiger partial charge is 0.480 e. The van der Waals surface area contributed by atoms with Gasteiger partial charge in [-0.2, -0.15) is 0 Å². The first-order valence-corrected chi connectivity index (χ1v) is 4.56. The molecule has 1 atom stereocenters. The lowest BCUT2D eigenvalue weighted by atomic mass is 10.0. The molecule has 0 aromatic carbocycles. The van der Waals surface area contributed by atoms with Crippen LogP contribution in [0.3, 0.4) is 0 Å². The predicted octanol–water partition coefficient (Wildman–Crippen LogP) is 0.00230. The van der Waals surface area contributed by atoms with Gasteiger partial charge in [0.05, 0.1) is 12.5 Å². The maximum atomic E-state index is 11.5. The van der Waals surface area contributed by atoms with Crippen molar-refractivity contribution in [3.8, 4) is 0 Å². The van der Waals surface area contributed by atoms with Gasteiger partial charge < -0.3 is 15.2 Å². The summed E-state index contributed by atoms with van der Waals surface area (Å²) in [5, 5.41) is 11.3. The molecule has 0 bridgehead atoms. The zero-order valence-corrected chi connectivity index (χ0v) is 8.37. The number of carbonyl (C=O) groups excluding carboxylic acids is 1. The molecule has 0 aromatic heterocycles. The van der Waals surface area contributed by atoms with Gasteiger partial charge in [0.1, 0.15) is 5.54 Å². The molecule has 1 heterocycles. The molecule has 5 heteroatoms. The molecule has 1 amide bonds. The molecule has 5 nitrogen and oxygen atoms in total. The SMILES string of the molecule is CC(C)(NC(=O)C1CCOC1)C(=O)O. The van der Waals surface area contributed by atoms with Crippen LogP contribution in [-0.4, -0.2) is 35.7 Å². The summed E-state index contributed by atoms with van der Waals surface area (Å²) in [5.74, 6) is -1.48. The van der Waals surface area contributed by atoms with Crippen LogP contribution in [0.2, 0.25) is 0 Å². The highest BCUT2D eigenvalue weighted by atomic mass is 16.5. The van der Waals surface area contributed by atoms with E-state index in [9.17, 15) is 9.59 Å². The second-order valence-corrected chi connectivity index (χ2v) is 3.98. The van der Waals surface area contributed by atoms with E-state index in [1.807, 2.05) is 0 Å². The van der Waals surface area contributed by atoms with E-state index in [2.05, 4.69) is 5.32 Å². The van der Waals surface area contributed by atoms with Crippen molar-refractivity contribution in [2.75, 3.05) is 13.2 Å². The first kappa shape index (κ1) is 11.0. The standard InChI is InChI=1S/C9H15NO4/c1-9(2,8(12)13)10-7(11)6-3-4-14-5-6/h6H,3-5H2,1-2H3,(H,10,11)(H,12,13). The van der Waals surface area contributed by atoms with Crippen molar-refractivity contribution >= 4 is 11.9 Å². The zero-order chi connectivity index (χ0) is 10.8. The molecule has 1 rings (SSSR count). The molecule has 1 fully saturated rings. The number of carboxylic acid groups (broad SMARTS) is 1. The van der Waals surface area contributed by atoms with Gasteiger partial charge in [0.15, 0.2) is 0 Å². The average molecular weight is 201 g/mol. The Labute approximate surface area is 82.4 Å². The van der Waals surface area contributed by atoms with Gasteiger partial charge in [-0.25, -0.2) is 4.79 Å². The van der Waals surface area contributed by atoms with Crippen LogP contribution in [0, 0.1) is 5.92 Å². The summed E-state index contributed by atoms with van der Waals surface area (Å²) in [6.07, 6.45) is 0.668. The normalized spacial score (nSPS) is 22.0. The Morgan fingerprint density at radius 1 is 1.50 bits per heavy atom. The summed E-state index contributed by atoms with van der Waals surface area (Å²) < 4.78 is 5.04. The molecule has 1 aliphatic heterocycles. The highest BCUT2D eigenvalue weighted by Gasteiger charge is 2.33. The van der Waals surface area contributed by atoms with Crippen molar-refractivity contribution in [3.63, 3.8) is 0 Å². The Hall–Kier alpha value is -1.10. The summed E-state index contributed by atoms with van der Waals surface area (Å²) >= 11 is 0. The van der Waals surface area contributed by atoms with Crippen LogP contribution in [0.15, 0.2) is 0 Å². The first-order valence-electron chi connectivity index (χ1n) is 4.56. The maximum Gasteiger partial charge on any atom is 0.328 e. The first-order chi connectivity index (χ1) is 6.43. The number of nitrogens with one attached hydrogen (secondary N) is 1. The third kappa shape index (κ3) is 2.45. The third-order valence-corrected chi connectivity index (χ3v) is 2.27. The summed E-state index contributed by atoms with van der Waals surface area (Å²) in [5.41, 5.74) is -1.21. The van der Waals surface area contributed by atoms with Crippen molar-refractivity contribution in [1.82, 2.24) is 5.32 Å². The fourth-order valence-electron chi connectivity index (χ4n) is 1.20. The lowest BCUT2D eigenvalue weighted by Crippen LogP contribution is -2.51. The fraction of sp³-hybridized carbons (Fsp3) is 0.778. The summed E-state index contributed by atoms with van der Waals surface area (Å²) in [4.78, 5) is 22.2. The third-order valence-electron chi connectivity index (χ3n) is 2.27. The van der Waals surface area contributed by atoms with Gasteiger partial charge in [-0.3, -0.25) is 4.79 Å². The number of ether oxygens (including phenoxy) is 1. The monoisotopic (exact) mass is 201 g/mol. The van der Waals surface area contributed by atoms with Gasteiger partial charge >= 0.3 is 5.97 Å². The van der Waals surface area contributed by atoms with Crippen LogP contribution >= 0.6 is 0 Å². The number of amides is 1. The van der Waals surface area contributed by atoms with Crippen LogP contribution in [0.1, 0.15) is 20.3 Å². The Balaban J connectivity index is 2.51. The summed E-state index contributed by atoms with van der Waals surface area (Å²) in [7, 11) is 0. The molecule has 2 N–H and O–H groups in total.